The predicted molar refractivity (Wildman–Crippen MR) is 145 cm³/mol. The molecular weight excluding hydrogens is 466 g/mol. The number of benzene rings is 2. The van der Waals surface area contributed by atoms with Crippen LogP contribution in [0.4, 0.5) is 0 Å². The molecule has 0 fully saturated rings. The molecule has 0 aliphatic heterocycles. The predicted octanol–water partition coefficient (Wildman–Crippen LogP) is 4.91. The van der Waals surface area contributed by atoms with Crippen LogP contribution in [0.25, 0.3) is 0 Å². The van der Waals surface area contributed by atoms with Crippen molar-refractivity contribution in [3.8, 4) is 29.4 Å². The molecule has 0 unspecified atom stereocenters. The van der Waals surface area contributed by atoms with Crippen LogP contribution in [-0.4, -0.2) is 44.5 Å². The molecule has 2 aromatic carbocycles. The third-order valence-electron chi connectivity index (χ3n) is 4.79. The number of hydrogen-bond donors (Lipinski definition) is 0. The Labute approximate surface area is 219 Å². The zero-order valence-electron chi connectivity index (χ0n) is 20.9. The Hall–Kier alpha value is -4.55. The largest absolute Gasteiger partial charge is 0.494 e. The minimum Gasteiger partial charge on any atom is -0.494 e. The van der Waals surface area contributed by atoms with E-state index < -0.39 is 5.97 Å². The highest BCUT2D eigenvalue weighted by Crippen LogP contribution is 2.12. The maximum absolute atomic E-state index is 10.9. The van der Waals surface area contributed by atoms with Gasteiger partial charge in [-0.3, -0.25) is 4.99 Å². The minimum absolute atomic E-state index is 0.328. The first kappa shape index (κ1) is 28.7. The fourth-order valence-electron chi connectivity index (χ4n) is 2.85. The summed E-state index contributed by atoms with van der Waals surface area (Å²) < 4.78 is 15.6. The van der Waals surface area contributed by atoms with Crippen LogP contribution < -0.4 is 4.74 Å². The maximum Gasteiger partial charge on any atom is 0.330 e. The summed E-state index contributed by atoms with van der Waals surface area (Å²) in [7, 11) is 0. The van der Waals surface area contributed by atoms with Crippen molar-refractivity contribution < 1.29 is 23.8 Å². The van der Waals surface area contributed by atoms with Crippen LogP contribution in [0.1, 0.15) is 42.4 Å². The number of carbonyl (C=O) groups excluding carboxylic acids is 2. The van der Waals surface area contributed by atoms with Crippen molar-refractivity contribution in [1.29, 1.82) is 0 Å². The van der Waals surface area contributed by atoms with Crippen molar-refractivity contribution in [2.75, 3.05) is 26.4 Å². The second-order valence-electron chi connectivity index (χ2n) is 7.69. The van der Waals surface area contributed by atoms with Crippen LogP contribution >= 0.6 is 0 Å². The topological polar surface area (TPSA) is 74.2 Å². The Morgan fingerprint density at radius 1 is 0.730 bits per heavy atom. The van der Waals surface area contributed by atoms with Gasteiger partial charge >= 0.3 is 11.9 Å². The zero-order valence-corrected chi connectivity index (χ0v) is 20.9. The van der Waals surface area contributed by atoms with Crippen molar-refractivity contribution >= 4 is 18.2 Å². The molecule has 6 nitrogen and oxygen atoms in total. The van der Waals surface area contributed by atoms with Crippen LogP contribution in [0.3, 0.4) is 0 Å². The SMILES string of the molecule is C=CC(=O)OCCCCCOc1ccc(C#CC#Cc2ccc(C=NCCCOC(=O)C=C)cc2)cc1. The molecule has 0 saturated carbocycles. The lowest BCUT2D eigenvalue weighted by Crippen LogP contribution is -2.03. The highest BCUT2D eigenvalue weighted by Gasteiger charge is 1.97. The van der Waals surface area contributed by atoms with Gasteiger partial charge in [-0.1, -0.05) is 37.1 Å². The van der Waals surface area contributed by atoms with E-state index in [1.807, 2.05) is 48.5 Å². The fraction of sp³-hybridized carbons (Fsp3) is 0.258. The fourth-order valence-corrected chi connectivity index (χ4v) is 2.85. The molecule has 37 heavy (non-hydrogen) atoms. The highest BCUT2D eigenvalue weighted by molar-refractivity contribution is 5.81. The molecule has 0 amide bonds. The molecule has 0 aromatic heterocycles. The molecule has 0 spiro atoms. The molecule has 2 rings (SSSR count). The smallest absolute Gasteiger partial charge is 0.330 e. The van der Waals surface area contributed by atoms with Crippen molar-refractivity contribution in [2.45, 2.75) is 25.7 Å². The number of nitrogens with zero attached hydrogens (tertiary/aromatic N) is 1. The van der Waals surface area contributed by atoms with Crippen LogP contribution in [0, 0.1) is 23.7 Å². The summed E-state index contributed by atoms with van der Waals surface area (Å²) in [6, 6.07) is 15.3. The van der Waals surface area contributed by atoms with Gasteiger partial charge in [0.1, 0.15) is 5.75 Å². The number of hydrogen-bond acceptors (Lipinski definition) is 6. The molecule has 2 aromatic rings. The van der Waals surface area contributed by atoms with Crippen molar-refractivity contribution in [2.24, 2.45) is 4.99 Å². The van der Waals surface area contributed by atoms with Gasteiger partial charge in [0.15, 0.2) is 0 Å². The van der Waals surface area contributed by atoms with E-state index in [4.69, 9.17) is 14.2 Å². The summed E-state index contributed by atoms with van der Waals surface area (Å²) in [5, 5.41) is 0. The second kappa shape index (κ2) is 17.8. The zero-order chi connectivity index (χ0) is 26.6. The van der Waals surface area contributed by atoms with E-state index >= 15 is 0 Å². The number of carbonyl (C=O) groups is 2. The standard InChI is InChI=1S/C31H31NO5/c1-3-30(33)36-23-9-5-8-22-35-29-19-17-27(18-20-29)12-7-6-11-26-13-15-28(16-14-26)25-32-21-10-24-37-31(34)4-2/h3-4,13-20,25H,1-2,5,8-10,21-24H2. The molecule has 0 N–H and O–H groups in total. The third kappa shape index (κ3) is 13.2. The Morgan fingerprint density at radius 2 is 1.27 bits per heavy atom. The van der Waals surface area contributed by atoms with Gasteiger partial charge in [-0.25, -0.2) is 9.59 Å². The van der Waals surface area contributed by atoms with E-state index in [0.717, 1.165) is 47.8 Å². The molecule has 0 aliphatic carbocycles. The number of unbranched alkanes of at least 4 members (excludes halogenated alkanes) is 2. The average Bonchev–Trinajstić information content (AvgIpc) is 2.93. The Kier molecular flexibility index (Phi) is 13.8. The number of ether oxygens (including phenoxy) is 3. The summed E-state index contributed by atoms with van der Waals surface area (Å²) >= 11 is 0. The lowest BCUT2D eigenvalue weighted by molar-refractivity contribution is -0.138. The first-order valence-electron chi connectivity index (χ1n) is 12.0. The maximum atomic E-state index is 10.9. The number of esters is 2. The van der Waals surface area contributed by atoms with Gasteiger partial charge in [-0.2, -0.15) is 0 Å². The molecule has 0 aliphatic rings. The van der Waals surface area contributed by atoms with Gasteiger partial charge in [0, 0.05) is 42.5 Å². The van der Waals surface area contributed by atoms with Crippen LogP contribution in [0.5, 0.6) is 5.75 Å². The molecule has 0 bridgehead atoms. The first-order chi connectivity index (χ1) is 18.1. The van der Waals surface area contributed by atoms with E-state index in [1.165, 1.54) is 6.08 Å². The summed E-state index contributed by atoms with van der Waals surface area (Å²) in [6.45, 7) is 8.61. The summed E-state index contributed by atoms with van der Waals surface area (Å²) in [5.74, 6) is 11.8. The third-order valence-corrected chi connectivity index (χ3v) is 4.79. The Balaban J connectivity index is 1.68. The molecule has 190 valence electrons. The molecule has 0 saturated heterocycles. The molecule has 0 atom stereocenters. The molecule has 6 heteroatoms. The lowest BCUT2D eigenvalue weighted by Gasteiger charge is -2.06. The summed E-state index contributed by atoms with van der Waals surface area (Å²) in [5.41, 5.74) is 2.69. The van der Waals surface area contributed by atoms with Crippen LogP contribution in [-0.2, 0) is 19.1 Å². The number of rotatable bonds is 14. The average molecular weight is 498 g/mol. The van der Waals surface area contributed by atoms with E-state index in [9.17, 15) is 9.59 Å². The normalized spacial score (nSPS) is 9.84. The van der Waals surface area contributed by atoms with E-state index in [1.54, 1.807) is 6.21 Å². The van der Waals surface area contributed by atoms with Gasteiger partial charge in [-0.05, 0) is 73.1 Å². The van der Waals surface area contributed by atoms with E-state index in [-0.39, 0.29) is 5.97 Å². The van der Waals surface area contributed by atoms with E-state index in [0.29, 0.717) is 32.8 Å². The molecular formula is C31H31NO5. The second-order valence-corrected chi connectivity index (χ2v) is 7.69. The van der Waals surface area contributed by atoms with Gasteiger partial charge in [0.05, 0.1) is 19.8 Å². The van der Waals surface area contributed by atoms with Crippen LogP contribution in [0.15, 0.2) is 78.8 Å². The van der Waals surface area contributed by atoms with Crippen LogP contribution in [0.2, 0.25) is 0 Å². The van der Waals surface area contributed by atoms with Gasteiger partial charge in [-0.15, -0.1) is 0 Å². The lowest BCUT2D eigenvalue weighted by atomic mass is 10.1. The van der Waals surface area contributed by atoms with Crippen molar-refractivity contribution in [1.82, 2.24) is 0 Å². The highest BCUT2D eigenvalue weighted by atomic mass is 16.5. The minimum atomic E-state index is -0.417. The van der Waals surface area contributed by atoms with E-state index in [2.05, 4.69) is 41.8 Å². The Morgan fingerprint density at radius 3 is 1.86 bits per heavy atom. The summed E-state index contributed by atoms with van der Waals surface area (Å²) in [4.78, 5) is 26.2. The number of aliphatic imine (C=N–C) groups is 1. The monoisotopic (exact) mass is 497 g/mol. The van der Waals surface area contributed by atoms with Gasteiger partial charge in [0.2, 0.25) is 0 Å². The van der Waals surface area contributed by atoms with Gasteiger partial charge < -0.3 is 14.2 Å². The van der Waals surface area contributed by atoms with Crippen molar-refractivity contribution in [3.63, 3.8) is 0 Å². The first-order valence-corrected chi connectivity index (χ1v) is 12.0. The quantitative estimate of drug-likeness (QED) is 0.122. The van der Waals surface area contributed by atoms with Gasteiger partial charge in [0.25, 0.3) is 0 Å². The Bertz CT molecular complexity index is 1170. The molecule has 0 radical (unpaired) electrons. The molecule has 0 heterocycles. The van der Waals surface area contributed by atoms with Crippen molar-refractivity contribution in [3.05, 3.63) is 90.5 Å². The summed E-state index contributed by atoms with van der Waals surface area (Å²) in [6.07, 6.45) is 7.35.